The molecule has 1 aromatic carbocycles. The molecule has 1 aliphatic heterocycles. The summed E-state index contributed by atoms with van der Waals surface area (Å²) in [5.41, 5.74) is 5.29. The molecule has 7 heteroatoms. The molecule has 0 radical (unpaired) electrons. The molecule has 106 valence electrons. The van der Waals surface area contributed by atoms with Gasteiger partial charge in [0.2, 0.25) is 5.91 Å². The van der Waals surface area contributed by atoms with Gasteiger partial charge in [-0.15, -0.1) is 0 Å². The SMILES string of the molecule is N/C(=N/O)C1(C(=O)Nc2ccc3c(c2)OCCO3)CC1. The lowest BCUT2D eigenvalue weighted by Crippen LogP contribution is -2.36. The van der Waals surface area contributed by atoms with Crippen LogP contribution in [0.3, 0.4) is 0 Å². The van der Waals surface area contributed by atoms with Gasteiger partial charge in [0, 0.05) is 11.8 Å². The third kappa shape index (κ3) is 2.01. The van der Waals surface area contributed by atoms with E-state index in [1.807, 2.05) is 0 Å². The van der Waals surface area contributed by atoms with E-state index in [9.17, 15) is 4.79 Å². The number of nitrogens with two attached hydrogens (primary N) is 1. The maximum Gasteiger partial charge on any atom is 0.238 e. The minimum absolute atomic E-state index is 0.0486. The van der Waals surface area contributed by atoms with Crippen LogP contribution in [0.1, 0.15) is 12.8 Å². The summed E-state index contributed by atoms with van der Waals surface area (Å²) >= 11 is 0. The van der Waals surface area contributed by atoms with E-state index in [0.29, 0.717) is 43.2 Å². The van der Waals surface area contributed by atoms with E-state index in [-0.39, 0.29) is 11.7 Å². The summed E-state index contributed by atoms with van der Waals surface area (Å²) in [5.74, 6) is 0.937. The average molecular weight is 277 g/mol. The van der Waals surface area contributed by atoms with Crippen LogP contribution >= 0.6 is 0 Å². The van der Waals surface area contributed by atoms with Crippen LogP contribution in [0.25, 0.3) is 0 Å². The second-order valence-corrected chi connectivity index (χ2v) is 4.88. The van der Waals surface area contributed by atoms with Crippen molar-refractivity contribution in [2.75, 3.05) is 18.5 Å². The highest BCUT2D eigenvalue weighted by atomic mass is 16.6. The summed E-state index contributed by atoms with van der Waals surface area (Å²) in [6.07, 6.45) is 1.17. The van der Waals surface area contributed by atoms with E-state index in [1.165, 1.54) is 0 Å². The molecular weight excluding hydrogens is 262 g/mol. The van der Waals surface area contributed by atoms with E-state index < -0.39 is 5.41 Å². The number of carbonyl (C=O) groups is 1. The van der Waals surface area contributed by atoms with Gasteiger partial charge >= 0.3 is 0 Å². The van der Waals surface area contributed by atoms with Crippen molar-refractivity contribution < 1.29 is 19.5 Å². The van der Waals surface area contributed by atoms with Crippen molar-refractivity contribution in [3.8, 4) is 11.5 Å². The summed E-state index contributed by atoms with van der Waals surface area (Å²) in [7, 11) is 0. The number of nitrogens with one attached hydrogen (secondary N) is 1. The van der Waals surface area contributed by atoms with E-state index in [0.717, 1.165) is 0 Å². The first-order valence-corrected chi connectivity index (χ1v) is 6.35. The fourth-order valence-electron chi connectivity index (χ4n) is 2.19. The first kappa shape index (κ1) is 12.6. The fraction of sp³-hybridized carbons (Fsp3) is 0.385. The Hall–Kier alpha value is -2.44. The van der Waals surface area contributed by atoms with Crippen molar-refractivity contribution in [3.05, 3.63) is 18.2 Å². The molecule has 0 spiro atoms. The van der Waals surface area contributed by atoms with Gasteiger partial charge in [-0.25, -0.2) is 0 Å². The number of oxime groups is 1. The standard InChI is InChI=1S/C13H15N3O4/c14-11(16-18)13(3-4-13)12(17)15-8-1-2-9-10(7-8)20-6-5-19-9/h1-2,7,18H,3-6H2,(H2,14,16)(H,15,17). The number of amidine groups is 1. The largest absolute Gasteiger partial charge is 0.486 e. The highest BCUT2D eigenvalue weighted by Gasteiger charge is 2.54. The zero-order chi connectivity index (χ0) is 14.2. The predicted molar refractivity (Wildman–Crippen MR) is 71.1 cm³/mol. The molecule has 0 bridgehead atoms. The van der Waals surface area contributed by atoms with Crippen LogP contribution in [-0.2, 0) is 4.79 Å². The number of benzene rings is 1. The molecule has 1 saturated carbocycles. The molecule has 1 fully saturated rings. The normalized spacial score (nSPS) is 19.3. The van der Waals surface area contributed by atoms with Crippen LogP contribution in [0.5, 0.6) is 11.5 Å². The highest BCUT2D eigenvalue weighted by Crippen LogP contribution is 2.47. The summed E-state index contributed by atoms with van der Waals surface area (Å²) in [6.45, 7) is 1.00. The first-order chi connectivity index (χ1) is 9.65. The van der Waals surface area contributed by atoms with E-state index in [4.69, 9.17) is 20.4 Å². The summed E-state index contributed by atoms with van der Waals surface area (Å²) < 4.78 is 10.9. The molecule has 7 nitrogen and oxygen atoms in total. The maximum absolute atomic E-state index is 12.2. The van der Waals surface area contributed by atoms with Crippen molar-refractivity contribution in [1.29, 1.82) is 0 Å². The number of carbonyl (C=O) groups excluding carboxylic acids is 1. The molecule has 20 heavy (non-hydrogen) atoms. The first-order valence-electron chi connectivity index (χ1n) is 6.35. The molecule has 1 amide bonds. The Morgan fingerprint density at radius 2 is 2.00 bits per heavy atom. The average Bonchev–Trinajstić information content (AvgIpc) is 3.28. The van der Waals surface area contributed by atoms with Gasteiger partial charge in [-0.1, -0.05) is 5.16 Å². The molecule has 1 aliphatic carbocycles. The molecule has 0 unspecified atom stereocenters. The topological polar surface area (TPSA) is 106 Å². The third-order valence-electron chi connectivity index (χ3n) is 3.58. The Labute approximate surface area is 115 Å². The van der Waals surface area contributed by atoms with Crippen molar-refractivity contribution >= 4 is 17.4 Å². The quantitative estimate of drug-likeness (QED) is 0.330. The second kappa shape index (κ2) is 4.59. The lowest BCUT2D eigenvalue weighted by atomic mass is 10.1. The van der Waals surface area contributed by atoms with Crippen molar-refractivity contribution in [3.63, 3.8) is 0 Å². The monoisotopic (exact) mass is 277 g/mol. The smallest absolute Gasteiger partial charge is 0.238 e. The number of hydrogen-bond donors (Lipinski definition) is 3. The Morgan fingerprint density at radius 1 is 1.30 bits per heavy atom. The van der Waals surface area contributed by atoms with E-state index >= 15 is 0 Å². The number of ether oxygens (including phenoxy) is 2. The second-order valence-electron chi connectivity index (χ2n) is 4.88. The number of rotatable bonds is 3. The molecule has 2 aliphatic rings. The van der Waals surface area contributed by atoms with Gasteiger partial charge in [0.25, 0.3) is 0 Å². The molecular formula is C13H15N3O4. The lowest BCUT2D eigenvalue weighted by Gasteiger charge is -2.19. The van der Waals surface area contributed by atoms with Crippen molar-refractivity contribution in [2.24, 2.45) is 16.3 Å². The minimum Gasteiger partial charge on any atom is -0.486 e. The zero-order valence-electron chi connectivity index (χ0n) is 10.8. The summed E-state index contributed by atoms with van der Waals surface area (Å²) in [6, 6.07) is 5.18. The molecule has 0 atom stereocenters. The highest BCUT2D eigenvalue weighted by molar-refractivity contribution is 6.14. The number of amides is 1. The van der Waals surface area contributed by atoms with Crippen LogP contribution in [0.4, 0.5) is 5.69 Å². The maximum atomic E-state index is 12.2. The van der Waals surface area contributed by atoms with E-state index in [2.05, 4.69) is 10.5 Å². The van der Waals surface area contributed by atoms with Gasteiger partial charge in [-0.05, 0) is 25.0 Å². The Morgan fingerprint density at radius 3 is 2.65 bits per heavy atom. The number of nitrogens with zero attached hydrogens (tertiary/aromatic N) is 1. The van der Waals surface area contributed by atoms with Gasteiger partial charge in [0.15, 0.2) is 17.3 Å². The Balaban J connectivity index is 1.77. The van der Waals surface area contributed by atoms with Crippen molar-refractivity contribution in [1.82, 2.24) is 0 Å². The van der Waals surface area contributed by atoms with Crippen LogP contribution < -0.4 is 20.5 Å². The molecule has 3 rings (SSSR count). The molecule has 0 aromatic heterocycles. The Bertz CT molecular complexity index is 581. The summed E-state index contributed by atoms with van der Waals surface area (Å²) in [4.78, 5) is 12.2. The lowest BCUT2D eigenvalue weighted by molar-refractivity contribution is -0.119. The van der Waals surface area contributed by atoms with Crippen molar-refractivity contribution in [2.45, 2.75) is 12.8 Å². The number of anilines is 1. The van der Waals surface area contributed by atoms with Crippen LogP contribution in [0.2, 0.25) is 0 Å². The molecule has 4 N–H and O–H groups in total. The molecule has 1 heterocycles. The van der Waals surface area contributed by atoms with Gasteiger partial charge in [0.05, 0.1) is 0 Å². The predicted octanol–water partition coefficient (Wildman–Crippen LogP) is 0.923. The van der Waals surface area contributed by atoms with Crippen LogP contribution in [0, 0.1) is 5.41 Å². The molecule has 1 aromatic rings. The fourth-order valence-corrected chi connectivity index (χ4v) is 2.19. The molecule has 0 saturated heterocycles. The zero-order valence-corrected chi connectivity index (χ0v) is 10.8. The van der Waals surface area contributed by atoms with Gasteiger partial charge in [-0.3, -0.25) is 4.79 Å². The van der Waals surface area contributed by atoms with Gasteiger partial charge in [0.1, 0.15) is 18.6 Å². The third-order valence-corrected chi connectivity index (χ3v) is 3.58. The summed E-state index contributed by atoms with van der Waals surface area (Å²) in [5, 5.41) is 14.4. The number of hydrogen-bond acceptors (Lipinski definition) is 5. The minimum atomic E-state index is -0.873. The van der Waals surface area contributed by atoms with Gasteiger partial charge in [-0.2, -0.15) is 0 Å². The van der Waals surface area contributed by atoms with E-state index in [1.54, 1.807) is 18.2 Å². The van der Waals surface area contributed by atoms with Gasteiger partial charge < -0.3 is 25.7 Å². The van der Waals surface area contributed by atoms with Crippen LogP contribution in [0.15, 0.2) is 23.4 Å². The Kier molecular flexibility index (Phi) is 2.89. The number of fused-ring (bicyclic) bond motifs is 1. The van der Waals surface area contributed by atoms with Crippen LogP contribution in [-0.4, -0.2) is 30.2 Å².